The first-order chi connectivity index (χ1) is 16.5. The molecule has 1 rings (SSSR count). The lowest BCUT2D eigenvalue weighted by atomic mass is 10.0. The zero-order valence-electron chi connectivity index (χ0n) is 20.0. The van der Waals surface area contributed by atoms with Crippen LogP contribution in [0, 0.1) is 0 Å². The Morgan fingerprint density at radius 1 is 0.857 bits per heavy atom. The van der Waals surface area contributed by atoms with Gasteiger partial charge in [-0.05, 0) is 45.2 Å². The number of hydrogen-bond donors (Lipinski definition) is 8. The van der Waals surface area contributed by atoms with Crippen LogP contribution in [-0.4, -0.2) is 81.9 Å². The molecule has 35 heavy (non-hydrogen) atoms. The highest BCUT2D eigenvalue weighted by molar-refractivity contribution is 5.94. The Morgan fingerprint density at radius 3 is 1.97 bits per heavy atom. The van der Waals surface area contributed by atoms with Crippen molar-refractivity contribution in [2.24, 2.45) is 11.5 Å². The van der Waals surface area contributed by atoms with Crippen molar-refractivity contribution in [3.63, 3.8) is 0 Å². The van der Waals surface area contributed by atoms with Gasteiger partial charge in [-0.1, -0.05) is 30.3 Å². The maximum absolute atomic E-state index is 13.0. The molecule has 0 aromatic heterocycles. The van der Waals surface area contributed by atoms with Gasteiger partial charge >= 0.3 is 5.97 Å². The molecule has 0 aliphatic heterocycles. The van der Waals surface area contributed by atoms with Crippen molar-refractivity contribution < 1.29 is 34.5 Å². The van der Waals surface area contributed by atoms with E-state index in [1.165, 1.54) is 13.8 Å². The Labute approximate surface area is 204 Å². The molecule has 10 N–H and O–H groups in total. The van der Waals surface area contributed by atoms with Crippen LogP contribution in [0.2, 0.25) is 0 Å². The number of carbonyl (C=O) groups is 4. The summed E-state index contributed by atoms with van der Waals surface area (Å²) in [6, 6.07) is 3.54. The number of unbranched alkanes of at least 4 members (excludes halogenated alkanes) is 1. The minimum absolute atomic E-state index is 0.0290. The van der Waals surface area contributed by atoms with E-state index in [-0.39, 0.29) is 12.8 Å². The number of aliphatic hydroxyl groups excluding tert-OH is 2. The first kappa shape index (κ1) is 30.0. The van der Waals surface area contributed by atoms with Gasteiger partial charge in [-0.3, -0.25) is 14.4 Å². The number of rotatable bonds is 15. The minimum atomic E-state index is -1.47. The van der Waals surface area contributed by atoms with Crippen LogP contribution in [0.25, 0.3) is 0 Å². The SMILES string of the molecule is CC(O)C(N)C(=O)NC(C(=O)NC(Cc1ccccc1)C(=O)NC(CCCCN)C(=O)O)C(C)O. The fourth-order valence-electron chi connectivity index (χ4n) is 3.22. The lowest BCUT2D eigenvalue weighted by Crippen LogP contribution is -2.61. The molecule has 1 aromatic carbocycles. The van der Waals surface area contributed by atoms with Gasteiger partial charge in [0.05, 0.1) is 12.2 Å². The number of nitrogens with one attached hydrogen (secondary N) is 3. The zero-order chi connectivity index (χ0) is 26.5. The van der Waals surface area contributed by atoms with Gasteiger partial charge in [0.2, 0.25) is 17.7 Å². The molecule has 0 bridgehead atoms. The molecular weight excluding hydrogens is 458 g/mol. The Morgan fingerprint density at radius 2 is 1.46 bits per heavy atom. The molecule has 6 atom stereocenters. The van der Waals surface area contributed by atoms with Crippen molar-refractivity contribution in [2.75, 3.05) is 6.54 Å². The standard InChI is InChI=1S/C23H37N5O7/c1-13(29)18(25)21(32)28-19(14(2)30)22(33)27-17(12-15-8-4-3-5-9-15)20(31)26-16(23(34)35)10-6-7-11-24/h3-5,8-9,13-14,16-19,29-30H,6-7,10-12,24-25H2,1-2H3,(H,26,31)(H,27,33)(H,28,32)(H,34,35). The summed E-state index contributed by atoms with van der Waals surface area (Å²) in [5.41, 5.74) is 11.7. The van der Waals surface area contributed by atoms with Gasteiger partial charge in [-0.15, -0.1) is 0 Å². The van der Waals surface area contributed by atoms with Gasteiger partial charge in [-0.2, -0.15) is 0 Å². The highest BCUT2D eigenvalue weighted by Crippen LogP contribution is 2.07. The molecule has 196 valence electrons. The molecule has 12 heteroatoms. The molecule has 3 amide bonds. The van der Waals surface area contributed by atoms with Crippen molar-refractivity contribution >= 4 is 23.7 Å². The van der Waals surface area contributed by atoms with Crippen LogP contribution in [0.15, 0.2) is 30.3 Å². The number of aliphatic carboxylic acids is 1. The summed E-state index contributed by atoms with van der Waals surface area (Å²) >= 11 is 0. The van der Waals surface area contributed by atoms with E-state index in [0.29, 0.717) is 24.9 Å². The molecule has 0 fully saturated rings. The Bertz CT molecular complexity index is 835. The first-order valence-corrected chi connectivity index (χ1v) is 11.5. The zero-order valence-corrected chi connectivity index (χ0v) is 20.0. The number of amides is 3. The van der Waals surface area contributed by atoms with E-state index in [1.54, 1.807) is 30.3 Å². The molecule has 0 heterocycles. The van der Waals surface area contributed by atoms with Crippen molar-refractivity contribution in [1.29, 1.82) is 0 Å². The summed E-state index contributed by atoms with van der Waals surface area (Å²) < 4.78 is 0. The van der Waals surface area contributed by atoms with Crippen molar-refractivity contribution in [3.05, 3.63) is 35.9 Å². The van der Waals surface area contributed by atoms with Crippen LogP contribution in [0.1, 0.15) is 38.7 Å². The normalized spacial score (nSPS) is 16.2. The second-order valence-electron chi connectivity index (χ2n) is 8.43. The third kappa shape index (κ3) is 10.4. The molecule has 0 saturated heterocycles. The summed E-state index contributed by atoms with van der Waals surface area (Å²) in [4.78, 5) is 49.8. The Kier molecular flexibility index (Phi) is 12.9. The van der Waals surface area contributed by atoms with E-state index in [9.17, 15) is 34.5 Å². The van der Waals surface area contributed by atoms with Crippen molar-refractivity contribution in [2.45, 2.75) is 75.9 Å². The molecule has 0 aliphatic carbocycles. The molecule has 0 spiro atoms. The fourth-order valence-corrected chi connectivity index (χ4v) is 3.22. The third-order valence-corrected chi connectivity index (χ3v) is 5.36. The maximum atomic E-state index is 13.0. The molecule has 0 aliphatic rings. The average Bonchev–Trinajstić information content (AvgIpc) is 2.80. The maximum Gasteiger partial charge on any atom is 0.326 e. The first-order valence-electron chi connectivity index (χ1n) is 11.5. The minimum Gasteiger partial charge on any atom is -0.480 e. The van der Waals surface area contributed by atoms with Gasteiger partial charge in [0, 0.05) is 6.42 Å². The smallest absolute Gasteiger partial charge is 0.326 e. The van der Waals surface area contributed by atoms with E-state index in [1.807, 2.05) is 0 Å². The van der Waals surface area contributed by atoms with E-state index >= 15 is 0 Å². The van der Waals surface area contributed by atoms with E-state index in [4.69, 9.17) is 11.5 Å². The fraction of sp³-hybridized carbons (Fsp3) is 0.565. The van der Waals surface area contributed by atoms with Gasteiger partial charge in [0.25, 0.3) is 0 Å². The topological polar surface area (TPSA) is 217 Å². The number of carboxylic acids is 1. The number of benzene rings is 1. The second kappa shape index (κ2) is 15.0. The summed E-state index contributed by atoms with van der Waals surface area (Å²) in [5, 5.41) is 36.3. The highest BCUT2D eigenvalue weighted by Gasteiger charge is 2.33. The number of aliphatic hydroxyl groups is 2. The van der Waals surface area contributed by atoms with Gasteiger partial charge in [0.1, 0.15) is 24.2 Å². The summed E-state index contributed by atoms with van der Waals surface area (Å²) in [6.45, 7) is 2.95. The Hall–Kier alpha value is -3.06. The van der Waals surface area contributed by atoms with Crippen LogP contribution < -0.4 is 27.4 Å². The number of hydrogen-bond acceptors (Lipinski definition) is 8. The number of nitrogens with two attached hydrogens (primary N) is 2. The molecule has 6 unspecified atom stereocenters. The summed E-state index contributed by atoms with van der Waals surface area (Å²) in [5.74, 6) is -3.70. The van der Waals surface area contributed by atoms with Crippen LogP contribution >= 0.6 is 0 Å². The quantitative estimate of drug-likeness (QED) is 0.126. The Balaban J connectivity index is 3.07. The van der Waals surface area contributed by atoms with E-state index < -0.39 is 60.1 Å². The third-order valence-electron chi connectivity index (χ3n) is 5.36. The van der Waals surface area contributed by atoms with E-state index in [2.05, 4.69) is 16.0 Å². The highest BCUT2D eigenvalue weighted by atomic mass is 16.4. The van der Waals surface area contributed by atoms with Crippen LogP contribution in [0.4, 0.5) is 0 Å². The van der Waals surface area contributed by atoms with Crippen LogP contribution in [0.5, 0.6) is 0 Å². The average molecular weight is 496 g/mol. The number of carboxylic acid groups (broad SMARTS) is 1. The largest absolute Gasteiger partial charge is 0.480 e. The molecular formula is C23H37N5O7. The van der Waals surface area contributed by atoms with Crippen LogP contribution in [0.3, 0.4) is 0 Å². The monoisotopic (exact) mass is 495 g/mol. The predicted molar refractivity (Wildman–Crippen MR) is 128 cm³/mol. The molecule has 1 aromatic rings. The molecule has 0 saturated carbocycles. The van der Waals surface area contributed by atoms with Crippen molar-refractivity contribution in [3.8, 4) is 0 Å². The van der Waals surface area contributed by atoms with Gasteiger partial charge < -0.3 is 42.7 Å². The lowest BCUT2D eigenvalue weighted by Gasteiger charge is -2.27. The summed E-state index contributed by atoms with van der Waals surface area (Å²) in [7, 11) is 0. The number of carbonyl (C=O) groups excluding carboxylic acids is 3. The van der Waals surface area contributed by atoms with Gasteiger partial charge in [0.15, 0.2) is 0 Å². The van der Waals surface area contributed by atoms with Crippen LogP contribution in [-0.2, 0) is 25.6 Å². The van der Waals surface area contributed by atoms with E-state index in [0.717, 1.165) is 0 Å². The molecule has 0 radical (unpaired) electrons. The summed E-state index contributed by atoms with van der Waals surface area (Å²) in [6.07, 6.45) is -1.29. The van der Waals surface area contributed by atoms with Crippen molar-refractivity contribution in [1.82, 2.24) is 16.0 Å². The van der Waals surface area contributed by atoms with Gasteiger partial charge in [-0.25, -0.2) is 4.79 Å². The predicted octanol–water partition coefficient (Wildman–Crippen LogP) is -2.01. The molecule has 12 nitrogen and oxygen atoms in total. The second-order valence-corrected chi connectivity index (χ2v) is 8.43. The lowest BCUT2D eigenvalue weighted by molar-refractivity contribution is -0.142.